The summed E-state index contributed by atoms with van der Waals surface area (Å²) in [5.41, 5.74) is -1.22. The molecule has 196 valence electrons. The molecule has 0 fully saturated rings. The number of ketones is 1. The average molecular weight is 505 g/mol. The van der Waals surface area contributed by atoms with Gasteiger partial charge in [-0.3, -0.25) is 23.5 Å². The Kier molecular flexibility index (Phi) is 9.71. The summed E-state index contributed by atoms with van der Waals surface area (Å²) in [5, 5.41) is 6.71. The Bertz CT molecular complexity index is 1260. The first kappa shape index (κ1) is 28.5. The third-order valence-electron chi connectivity index (χ3n) is 5.17. The van der Waals surface area contributed by atoms with Crippen LogP contribution >= 0.6 is 0 Å². The van der Waals surface area contributed by atoms with E-state index in [4.69, 9.17) is 9.57 Å². The van der Waals surface area contributed by atoms with Crippen molar-refractivity contribution in [1.82, 2.24) is 14.5 Å². The van der Waals surface area contributed by atoms with Gasteiger partial charge < -0.3 is 14.9 Å². The molecule has 0 aliphatic carbocycles. The van der Waals surface area contributed by atoms with Gasteiger partial charge in [-0.1, -0.05) is 19.0 Å². The predicted octanol–water partition coefficient (Wildman–Crippen LogP) is 2.35. The lowest BCUT2D eigenvalue weighted by molar-refractivity contribution is -0.124. The van der Waals surface area contributed by atoms with E-state index in [0.717, 1.165) is 21.3 Å². The van der Waals surface area contributed by atoms with Crippen molar-refractivity contribution in [2.75, 3.05) is 7.11 Å². The van der Waals surface area contributed by atoms with Gasteiger partial charge >= 0.3 is 5.69 Å². The molecule has 1 heterocycles. The van der Waals surface area contributed by atoms with Crippen molar-refractivity contribution in [3.63, 3.8) is 0 Å². The molecule has 2 rings (SSSR count). The lowest BCUT2D eigenvalue weighted by atomic mass is 10.1. The van der Waals surface area contributed by atoms with Crippen LogP contribution in [0.25, 0.3) is 0 Å². The fourth-order valence-corrected chi connectivity index (χ4v) is 3.28. The van der Waals surface area contributed by atoms with Crippen LogP contribution in [0.2, 0.25) is 0 Å². The molecule has 2 aromatic rings. The number of oxime groups is 1. The van der Waals surface area contributed by atoms with Crippen LogP contribution in [-0.2, 0) is 22.7 Å². The summed E-state index contributed by atoms with van der Waals surface area (Å²) in [6.45, 7) is 9.55. The van der Waals surface area contributed by atoms with E-state index in [9.17, 15) is 23.6 Å². The third-order valence-corrected chi connectivity index (χ3v) is 5.17. The average Bonchev–Trinajstić information content (AvgIpc) is 2.81. The van der Waals surface area contributed by atoms with Crippen molar-refractivity contribution in [1.29, 1.82) is 0 Å². The number of benzene rings is 1. The van der Waals surface area contributed by atoms with E-state index in [-0.39, 0.29) is 47.1 Å². The molecule has 1 aromatic carbocycles. The quantitative estimate of drug-likeness (QED) is 0.285. The van der Waals surface area contributed by atoms with E-state index in [2.05, 4.69) is 10.5 Å². The van der Waals surface area contributed by atoms with Crippen LogP contribution in [0.3, 0.4) is 0 Å². The van der Waals surface area contributed by atoms with Crippen LogP contribution in [0, 0.1) is 11.7 Å². The Labute approximate surface area is 208 Å². The van der Waals surface area contributed by atoms with Crippen LogP contribution < -0.4 is 21.3 Å². The highest BCUT2D eigenvalue weighted by Crippen LogP contribution is 2.20. The summed E-state index contributed by atoms with van der Waals surface area (Å²) in [6.07, 6.45) is 0.978. The number of nitrogens with one attached hydrogen (secondary N) is 1. The molecule has 0 aliphatic heterocycles. The van der Waals surface area contributed by atoms with Crippen molar-refractivity contribution in [2.45, 2.75) is 66.8 Å². The molecule has 0 spiro atoms. The van der Waals surface area contributed by atoms with Gasteiger partial charge in [0.2, 0.25) is 5.91 Å². The Morgan fingerprint density at radius 2 is 1.78 bits per heavy atom. The highest BCUT2D eigenvalue weighted by molar-refractivity contribution is 5.99. The molecule has 0 saturated carbocycles. The van der Waals surface area contributed by atoms with Gasteiger partial charge in [-0.2, -0.15) is 0 Å². The van der Waals surface area contributed by atoms with Crippen molar-refractivity contribution in [2.24, 2.45) is 11.1 Å². The number of Topliss-reactive ketones (excluding diaryl/α,β-unsaturated/α-hetero) is 1. The summed E-state index contributed by atoms with van der Waals surface area (Å²) >= 11 is 0. The molecule has 10 nitrogen and oxygen atoms in total. The van der Waals surface area contributed by atoms with Gasteiger partial charge in [-0.05, 0) is 45.9 Å². The van der Waals surface area contributed by atoms with Crippen LogP contribution in [-0.4, -0.2) is 45.8 Å². The molecular formula is C25H33FN4O6. The maximum Gasteiger partial charge on any atom is 0.331 e. The lowest BCUT2D eigenvalue weighted by Gasteiger charge is -2.18. The largest absolute Gasteiger partial charge is 0.496 e. The van der Waals surface area contributed by atoms with Gasteiger partial charge in [0.25, 0.3) is 5.56 Å². The number of aromatic nitrogens is 2. The standard InChI is InChI=1S/C25H33FN4O6/c1-14(2)23(32)27-16(5)11-30-24(33)20(17(6)28-36-15(3)4)12-29(25(30)34)13-21(31)19-10-18(26)8-9-22(19)35-7/h8-10,12,14-16H,11,13H2,1-7H3,(H,27,32)/b28-17+/t16-/m0/s1. The third kappa shape index (κ3) is 7.12. The molecule has 1 N–H and O–H groups in total. The van der Waals surface area contributed by atoms with E-state index >= 15 is 0 Å². The number of halogens is 1. The van der Waals surface area contributed by atoms with E-state index in [1.165, 1.54) is 19.4 Å². The summed E-state index contributed by atoms with van der Waals surface area (Å²) in [4.78, 5) is 56.9. The zero-order valence-corrected chi connectivity index (χ0v) is 21.6. The predicted molar refractivity (Wildman–Crippen MR) is 133 cm³/mol. The van der Waals surface area contributed by atoms with E-state index in [1.807, 2.05) is 0 Å². The van der Waals surface area contributed by atoms with Crippen LogP contribution in [0.5, 0.6) is 5.75 Å². The zero-order chi connectivity index (χ0) is 27.2. The summed E-state index contributed by atoms with van der Waals surface area (Å²) in [7, 11) is 1.34. The van der Waals surface area contributed by atoms with Gasteiger partial charge in [-0.15, -0.1) is 0 Å². The van der Waals surface area contributed by atoms with Crippen molar-refractivity contribution in [3.05, 3.63) is 62.2 Å². The number of ether oxygens (including phenoxy) is 1. The zero-order valence-electron chi connectivity index (χ0n) is 21.6. The second-order valence-electron chi connectivity index (χ2n) is 9.03. The van der Waals surface area contributed by atoms with Gasteiger partial charge in [0, 0.05) is 18.2 Å². The molecule has 0 saturated heterocycles. The van der Waals surface area contributed by atoms with Gasteiger partial charge in [0.15, 0.2) is 5.78 Å². The molecule has 11 heteroatoms. The summed E-state index contributed by atoms with van der Waals surface area (Å²) < 4.78 is 21.0. The Balaban J connectivity index is 2.58. The maximum atomic E-state index is 13.8. The second-order valence-corrected chi connectivity index (χ2v) is 9.03. The molecule has 0 aliphatic rings. The first-order valence-corrected chi connectivity index (χ1v) is 11.6. The first-order chi connectivity index (χ1) is 16.8. The number of carbonyl (C=O) groups is 2. The van der Waals surface area contributed by atoms with Crippen LogP contribution in [0.15, 0.2) is 39.1 Å². The molecular weight excluding hydrogens is 471 g/mol. The highest BCUT2D eigenvalue weighted by atomic mass is 19.1. The van der Waals surface area contributed by atoms with Crippen molar-refractivity contribution < 1.29 is 23.6 Å². The monoisotopic (exact) mass is 504 g/mol. The van der Waals surface area contributed by atoms with Gasteiger partial charge in [0.05, 0.1) is 37.0 Å². The lowest BCUT2D eigenvalue weighted by Crippen LogP contribution is -2.48. The van der Waals surface area contributed by atoms with E-state index in [1.54, 1.807) is 41.5 Å². The van der Waals surface area contributed by atoms with E-state index in [0.29, 0.717) is 0 Å². The maximum absolute atomic E-state index is 13.8. The fraction of sp³-hybridized carbons (Fsp3) is 0.480. The summed E-state index contributed by atoms with van der Waals surface area (Å²) in [6, 6.07) is 2.94. The minimum Gasteiger partial charge on any atom is -0.496 e. The molecule has 1 amide bonds. The number of amides is 1. The molecule has 36 heavy (non-hydrogen) atoms. The fourth-order valence-electron chi connectivity index (χ4n) is 3.28. The minimum atomic E-state index is -0.768. The number of carbonyl (C=O) groups excluding carboxylic acids is 2. The van der Waals surface area contributed by atoms with Crippen LogP contribution in [0.4, 0.5) is 4.39 Å². The van der Waals surface area contributed by atoms with Gasteiger partial charge in [-0.25, -0.2) is 9.18 Å². The number of methoxy groups -OCH3 is 1. The molecule has 0 bridgehead atoms. The highest BCUT2D eigenvalue weighted by Gasteiger charge is 2.21. The SMILES string of the molecule is COc1ccc(F)cc1C(=O)Cn1cc(/C(C)=N/OC(C)C)c(=O)n(C[C@H](C)NC(=O)C(C)C)c1=O. The smallest absolute Gasteiger partial charge is 0.331 e. The second kappa shape index (κ2) is 12.3. The Hall–Kier alpha value is -3.76. The topological polar surface area (TPSA) is 121 Å². The molecule has 1 atom stereocenters. The molecule has 0 radical (unpaired) electrons. The number of rotatable bonds is 11. The normalized spacial score (nSPS) is 12.6. The van der Waals surface area contributed by atoms with Crippen LogP contribution in [0.1, 0.15) is 57.5 Å². The Morgan fingerprint density at radius 1 is 1.11 bits per heavy atom. The first-order valence-electron chi connectivity index (χ1n) is 11.6. The number of nitrogens with zero attached hydrogens (tertiary/aromatic N) is 3. The van der Waals surface area contributed by atoms with Crippen molar-refractivity contribution in [3.8, 4) is 5.75 Å². The molecule has 1 aromatic heterocycles. The molecule has 0 unspecified atom stereocenters. The minimum absolute atomic E-state index is 0.0386. The Morgan fingerprint density at radius 3 is 2.36 bits per heavy atom. The number of hydrogen-bond donors (Lipinski definition) is 1. The summed E-state index contributed by atoms with van der Waals surface area (Å²) in [5.74, 6) is -1.60. The van der Waals surface area contributed by atoms with Gasteiger partial charge in [0.1, 0.15) is 17.7 Å². The number of hydrogen-bond acceptors (Lipinski definition) is 7. The van der Waals surface area contributed by atoms with E-state index < -0.39 is 35.4 Å². The van der Waals surface area contributed by atoms with Crippen molar-refractivity contribution >= 4 is 17.4 Å².